The average molecular weight is 375 g/mol. The Morgan fingerprint density at radius 3 is 2.67 bits per heavy atom. The molecule has 0 amide bonds. The van der Waals surface area contributed by atoms with Crippen LogP contribution in [0.5, 0.6) is 11.5 Å². The molecule has 2 rings (SSSR count). The highest BCUT2D eigenvalue weighted by atomic mass is 127. The molecule has 0 fully saturated rings. The summed E-state index contributed by atoms with van der Waals surface area (Å²) in [5, 5.41) is 9.45. The first-order chi connectivity index (χ1) is 8.56. The first-order valence-electron chi connectivity index (χ1n) is 5.02. The van der Waals surface area contributed by atoms with Gasteiger partial charge >= 0.3 is 5.97 Å². The highest BCUT2D eigenvalue weighted by molar-refractivity contribution is 14.1. The van der Waals surface area contributed by atoms with Gasteiger partial charge in [0.1, 0.15) is 17.1 Å². The molecule has 0 aromatic heterocycles. The maximum Gasteiger partial charge on any atom is 0.339 e. The van der Waals surface area contributed by atoms with Crippen molar-refractivity contribution in [2.45, 2.75) is 0 Å². The average Bonchev–Trinajstić information content (AvgIpc) is 2.31. The Labute approximate surface area is 122 Å². The minimum atomic E-state index is -1.07. The van der Waals surface area contributed by atoms with Crippen molar-refractivity contribution in [2.24, 2.45) is 0 Å². The number of hydrogen-bond acceptors (Lipinski definition) is 2. The first-order valence-corrected chi connectivity index (χ1v) is 6.48. The molecule has 0 unspecified atom stereocenters. The molecule has 1 N–H and O–H groups in total. The molecule has 0 radical (unpaired) electrons. The molecule has 2 aromatic rings. The fourth-order valence-corrected chi connectivity index (χ4v) is 2.10. The van der Waals surface area contributed by atoms with E-state index in [0.717, 1.165) is 3.57 Å². The zero-order valence-corrected chi connectivity index (χ0v) is 12.0. The van der Waals surface area contributed by atoms with Gasteiger partial charge in [0.15, 0.2) is 0 Å². The van der Waals surface area contributed by atoms with Gasteiger partial charge in [0.25, 0.3) is 0 Å². The Kier molecular flexibility index (Phi) is 4.08. The number of halogens is 2. The van der Waals surface area contributed by atoms with Crippen molar-refractivity contribution in [2.75, 3.05) is 0 Å². The molecule has 3 nitrogen and oxygen atoms in total. The predicted octanol–water partition coefficient (Wildman–Crippen LogP) is 4.44. The van der Waals surface area contributed by atoms with Gasteiger partial charge in [-0.15, -0.1) is 0 Å². The van der Waals surface area contributed by atoms with E-state index in [1.807, 2.05) is 18.2 Å². The molecule has 0 spiro atoms. The van der Waals surface area contributed by atoms with Crippen molar-refractivity contribution in [3.05, 3.63) is 56.6 Å². The van der Waals surface area contributed by atoms with E-state index in [4.69, 9.17) is 21.4 Å². The molecule has 2 aromatic carbocycles. The van der Waals surface area contributed by atoms with Crippen molar-refractivity contribution in [3.8, 4) is 11.5 Å². The Balaban J connectivity index is 2.37. The number of carboxylic acids is 1. The largest absolute Gasteiger partial charge is 0.478 e. The first kappa shape index (κ1) is 13.2. The molecule has 0 aliphatic rings. The van der Waals surface area contributed by atoms with Gasteiger partial charge in [-0.05, 0) is 59.0 Å². The topological polar surface area (TPSA) is 46.5 Å². The van der Waals surface area contributed by atoms with E-state index in [1.165, 1.54) is 6.07 Å². The number of hydrogen-bond donors (Lipinski definition) is 1. The van der Waals surface area contributed by atoms with Crippen LogP contribution in [0.4, 0.5) is 0 Å². The summed E-state index contributed by atoms with van der Waals surface area (Å²) in [6.45, 7) is 0. The van der Waals surface area contributed by atoms with Gasteiger partial charge in [-0.2, -0.15) is 0 Å². The van der Waals surface area contributed by atoms with Crippen molar-refractivity contribution in [1.29, 1.82) is 0 Å². The van der Waals surface area contributed by atoms with Crippen LogP contribution in [0.2, 0.25) is 5.02 Å². The molecular formula is C13H8ClIO3. The molecule has 0 aliphatic carbocycles. The third kappa shape index (κ3) is 3.14. The third-order valence-corrected chi connectivity index (χ3v) is 3.10. The van der Waals surface area contributed by atoms with Crippen LogP contribution in [0, 0.1) is 3.57 Å². The molecule has 5 heteroatoms. The Hall–Kier alpha value is -1.27. The van der Waals surface area contributed by atoms with Crippen LogP contribution in [0.25, 0.3) is 0 Å². The van der Waals surface area contributed by atoms with E-state index in [0.29, 0.717) is 10.8 Å². The Morgan fingerprint density at radius 1 is 1.22 bits per heavy atom. The Morgan fingerprint density at radius 2 is 2.00 bits per heavy atom. The van der Waals surface area contributed by atoms with Crippen LogP contribution in [0.3, 0.4) is 0 Å². The summed E-state index contributed by atoms with van der Waals surface area (Å²) < 4.78 is 6.57. The lowest BCUT2D eigenvalue weighted by molar-refractivity contribution is 0.0694. The van der Waals surface area contributed by atoms with E-state index in [-0.39, 0.29) is 11.3 Å². The minimum Gasteiger partial charge on any atom is -0.478 e. The zero-order valence-electron chi connectivity index (χ0n) is 9.06. The van der Waals surface area contributed by atoms with E-state index < -0.39 is 5.97 Å². The van der Waals surface area contributed by atoms with Crippen LogP contribution in [0.1, 0.15) is 10.4 Å². The second-order valence-corrected chi connectivity index (χ2v) is 5.19. The molecule has 0 atom stereocenters. The fraction of sp³-hybridized carbons (Fsp3) is 0. The van der Waals surface area contributed by atoms with E-state index >= 15 is 0 Å². The smallest absolute Gasteiger partial charge is 0.339 e. The van der Waals surface area contributed by atoms with Crippen molar-refractivity contribution < 1.29 is 14.6 Å². The highest BCUT2D eigenvalue weighted by Crippen LogP contribution is 2.28. The molecule has 0 aliphatic heterocycles. The standard InChI is InChI=1S/C13H8ClIO3/c14-8-4-5-12(11(6-8)13(16)17)18-10-3-1-2-9(15)7-10/h1-7H,(H,16,17). The predicted molar refractivity (Wildman–Crippen MR) is 77.6 cm³/mol. The van der Waals surface area contributed by atoms with Gasteiger partial charge in [0, 0.05) is 8.59 Å². The van der Waals surface area contributed by atoms with Gasteiger partial charge in [-0.25, -0.2) is 4.79 Å². The fourth-order valence-electron chi connectivity index (χ4n) is 1.42. The van der Waals surface area contributed by atoms with E-state index in [9.17, 15) is 4.79 Å². The number of ether oxygens (including phenoxy) is 1. The van der Waals surface area contributed by atoms with Crippen molar-refractivity contribution >= 4 is 40.2 Å². The summed E-state index contributed by atoms with van der Waals surface area (Å²) in [4.78, 5) is 11.1. The molecule has 0 saturated heterocycles. The summed E-state index contributed by atoms with van der Waals surface area (Å²) in [5.41, 5.74) is 0.0429. The molecule has 0 heterocycles. The second kappa shape index (κ2) is 5.58. The number of carbonyl (C=O) groups is 1. The van der Waals surface area contributed by atoms with Gasteiger partial charge in [-0.3, -0.25) is 0 Å². The summed E-state index contributed by atoms with van der Waals surface area (Å²) in [6.07, 6.45) is 0. The van der Waals surface area contributed by atoms with E-state index in [1.54, 1.807) is 18.2 Å². The molecule has 92 valence electrons. The maximum atomic E-state index is 11.1. The lowest BCUT2D eigenvalue weighted by Gasteiger charge is -2.09. The van der Waals surface area contributed by atoms with Gasteiger partial charge in [0.05, 0.1) is 0 Å². The molecule has 0 bridgehead atoms. The highest BCUT2D eigenvalue weighted by Gasteiger charge is 2.12. The lowest BCUT2D eigenvalue weighted by atomic mass is 10.2. The third-order valence-electron chi connectivity index (χ3n) is 2.20. The SMILES string of the molecule is O=C(O)c1cc(Cl)ccc1Oc1cccc(I)c1. The second-order valence-electron chi connectivity index (χ2n) is 3.51. The van der Waals surface area contributed by atoms with Crippen LogP contribution < -0.4 is 4.74 Å². The molecule has 18 heavy (non-hydrogen) atoms. The summed E-state index contributed by atoms with van der Waals surface area (Å²) in [7, 11) is 0. The number of rotatable bonds is 3. The summed E-state index contributed by atoms with van der Waals surface area (Å²) in [6, 6.07) is 11.9. The number of carboxylic acid groups (broad SMARTS) is 1. The molecular weight excluding hydrogens is 366 g/mol. The van der Waals surface area contributed by atoms with Crippen molar-refractivity contribution in [3.63, 3.8) is 0 Å². The van der Waals surface area contributed by atoms with Crippen LogP contribution in [-0.2, 0) is 0 Å². The summed E-state index contributed by atoms with van der Waals surface area (Å²) in [5.74, 6) is -0.209. The zero-order chi connectivity index (χ0) is 13.1. The van der Waals surface area contributed by atoms with Gasteiger partial charge in [0.2, 0.25) is 0 Å². The lowest BCUT2D eigenvalue weighted by Crippen LogP contribution is -2.00. The quantitative estimate of drug-likeness (QED) is 0.808. The number of aromatic carboxylic acids is 1. The maximum absolute atomic E-state index is 11.1. The Bertz CT molecular complexity index is 599. The molecule has 0 saturated carbocycles. The van der Waals surface area contributed by atoms with Gasteiger partial charge < -0.3 is 9.84 Å². The van der Waals surface area contributed by atoms with Crippen LogP contribution in [0.15, 0.2) is 42.5 Å². The van der Waals surface area contributed by atoms with Crippen molar-refractivity contribution in [1.82, 2.24) is 0 Å². The normalized spacial score (nSPS) is 10.1. The monoisotopic (exact) mass is 374 g/mol. The van der Waals surface area contributed by atoms with E-state index in [2.05, 4.69) is 22.6 Å². The summed E-state index contributed by atoms with van der Waals surface area (Å²) >= 11 is 7.93. The van der Waals surface area contributed by atoms with Gasteiger partial charge in [-0.1, -0.05) is 17.7 Å². The van der Waals surface area contributed by atoms with Crippen LogP contribution >= 0.6 is 34.2 Å². The number of benzene rings is 2. The minimum absolute atomic E-state index is 0.0429. The van der Waals surface area contributed by atoms with Crippen LogP contribution in [-0.4, -0.2) is 11.1 Å².